The first-order valence-corrected chi connectivity index (χ1v) is 9.90. The van der Waals surface area contributed by atoms with Gasteiger partial charge < -0.3 is 9.84 Å². The highest BCUT2D eigenvalue weighted by Crippen LogP contribution is 2.41. The molecule has 0 aliphatic carbocycles. The number of carbonyl (C=O) groups excluding carboxylic acids is 2. The summed E-state index contributed by atoms with van der Waals surface area (Å²) in [6.07, 6.45) is 0. The van der Waals surface area contributed by atoms with Gasteiger partial charge in [0.2, 0.25) is 0 Å². The molecule has 0 radical (unpaired) electrons. The Labute approximate surface area is 172 Å². The number of benzene rings is 3. The van der Waals surface area contributed by atoms with Crippen LogP contribution in [0.4, 0.5) is 0 Å². The maximum atomic E-state index is 13.4. The third kappa shape index (κ3) is 3.77. The molecule has 0 fully saturated rings. The molecule has 0 bridgehead atoms. The highest BCUT2D eigenvalue weighted by molar-refractivity contribution is 7.22. The summed E-state index contributed by atoms with van der Waals surface area (Å²) in [4.78, 5) is 25.4. The number of ketones is 1. The van der Waals surface area contributed by atoms with Gasteiger partial charge in [0, 0.05) is 33.0 Å². The summed E-state index contributed by atoms with van der Waals surface area (Å²) >= 11 is 1.45. The second kappa shape index (κ2) is 7.53. The zero-order chi connectivity index (χ0) is 20.5. The zero-order valence-corrected chi connectivity index (χ0v) is 16.7. The fourth-order valence-corrected chi connectivity index (χ4v) is 4.44. The van der Waals surface area contributed by atoms with Gasteiger partial charge in [-0.1, -0.05) is 29.8 Å². The minimum atomic E-state index is -0.384. The molecule has 0 saturated carbocycles. The first-order valence-electron chi connectivity index (χ1n) is 9.08. The third-order valence-corrected chi connectivity index (χ3v) is 5.79. The number of phenols is 1. The van der Waals surface area contributed by atoms with Crippen molar-refractivity contribution in [2.75, 3.05) is 0 Å². The fourth-order valence-electron chi connectivity index (χ4n) is 3.20. The first kappa shape index (κ1) is 18.9. The molecule has 1 N–H and O–H groups in total. The van der Waals surface area contributed by atoms with Crippen LogP contribution in [0.15, 0.2) is 66.7 Å². The van der Waals surface area contributed by atoms with Gasteiger partial charge in [0.05, 0.1) is 0 Å². The molecule has 4 rings (SSSR count). The number of aromatic hydroxyl groups is 1. The van der Waals surface area contributed by atoms with Crippen LogP contribution in [0.25, 0.3) is 20.5 Å². The molecule has 0 amide bonds. The van der Waals surface area contributed by atoms with Gasteiger partial charge in [0.25, 0.3) is 0 Å². The molecule has 29 heavy (non-hydrogen) atoms. The van der Waals surface area contributed by atoms with Crippen LogP contribution in [-0.2, 0) is 4.79 Å². The van der Waals surface area contributed by atoms with E-state index in [2.05, 4.69) is 0 Å². The van der Waals surface area contributed by atoms with Crippen molar-refractivity contribution >= 4 is 33.2 Å². The summed E-state index contributed by atoms with van der Waals surface area (Å²) in [6, 6.07) is 19.6. The van der Waals surface area contributed by atoms with Crippen molar-refractivity contribution in [2.45, 2.75) is 13.8 Å². The summed E-state index contributed by atoms with van der Waals surface area (Å²) in [5, 5.41) is 10.7. The van der Waals surface area contributed by atoms with E-state index in [1.54, 1.807) is 30.3 Å². The number of ether oxygens (including phenoxy) is 1. The number of thiophene rings is 1. The molecule has 4 aromatic rings. The van der Waals surface area contributed by atoms with Crippen molar-refractivity contribution in [1.82, 2.24) is 0 Å². The van der Waals surface area contributed by atoms with Gasteiger partial charge in [-0.25, -0.2) is 0 Å². The van der Waals surface area contributed by atoms with Crippen LogP contribution in [0.1, 0.15) is 28.4 Å². The molecule has 0 atom stereocenters. The van der Waals surface area contributed by atoms with Gasteiger partial charge >= 0.3 is 5.97 Å². The highest BCUT2D eigenvalue weighted by Gasteiger charge is 2.22. The van der Waals surface area contributed by atoms with Crippen molar-refractivity contribution in [3.8, 4) is 21.9 Å². The van der Waals surface area contributed by atoms with Crippen molar-refractivity contribution in [1.29, 1.82) is 0 Å². The second-order valence-corrected chi connectivity index (χ2v) is 7.85. The summed E-state index contributed by atoms with van der Waals surface area (Å²) in [5.74, 6) is 0.155. The molecule has 1 heterocycles. The normalized spacial score (nSPS) is 10.8. The van der Waals surface area contributed by atoms with Crippen molar-refractivity contribution < 1.29 is 19.4 Å². The van der Waals surface area contributed by atoms with E-state index in [1.807, 2.05) is 43.3 Å². The molecule has 144 valence electrons. The van der Waals surface area contributed by atoms with E-state index in [0.717, 1.165) is 26.1 Å². The topological polar surface area (TPSA) is 63.6 Å². The number of rotatable bonds is 4. The molecule has 1 aromatic heterocycles. The Morgan fingerprint density at radius 1 is 0.931 bits per heavy atom. The van der Waals surface area contributed by atoms with Crippen LogP contribution in [-0.4, -0.2) is 16.9 Å². The molecule has 3 aromatic carbocycles. The lowest BCUT2D eigenvalue weighted by Gasteiger charge is -2.07. The van der Waals surface area contributed by atoms with Crippen LogP contribution in [0.2, 0.25) is 0 Å². The summed E-state index contributed by atoms with van der Waals surface area (Å²) in [6.45, 7) is 3.33. The quantitative estimate of drug-likeness (QED) is 0.269. The summed E-state index contributed by atoms with van der Waals surface area (Å²) in [5.41, 5.74) is 3.15. The Hall–Kier alpha value is -3.44. The van der Waals surface area contributed by atoms with E-state index < -0.39 is 0 Å². The Morgan fingerprint density at radius 2 is 1.62 bits per heavy atom. The monoisotopic (exact) mass is 402 g/mol. The Morgan fingerprint density at radius 3 is 2.28 bits per heavy atom. The molecule has 0 unspecified atom stereocenters. The molecule has 0 aliphatic heterocycles. The molecule has 0 aliphatic rings. The van der Waals surface area contributed by atoms with E-state index in [4.69, 9.17) is 4.74 Å². The molecule has 0 saturated heterocycles. The SMILES string of the molecule is CC(=O)Oc1ccc(-c2sc3cc(O)ccc3c2C(=O)c2ccc(C)cc2)cc1. The Kier molecular flexibility index (Phi) is 4.91. The fraction of sp³-hybridized carbons (Fsp3) is 0.0833. The molecular weight excluding hydrogens is 384 g/mol. The molecular formula is C24H18O4S. The first-order chi connectivity index (χ1) is 13.9. The Balaban J connectivity index is 1.87. The highest BCUT2D eigenvalue weighted by atomic mass is 32.1. The smallest absolute Gasteiger partial charge is 0.308 e. The van der Waals surface area contributed by atoms with Crippen LogP contribution in [0.3, 0.4) is 0 Å². The number of esters is 1. The van der Waals surface area contributed by atoms with Gasteiger partial charge in [-0.15, -0.1) is 11.3 Å². The largest absolute Gasteiger partial charge is 0.508 e. The average Bonchev–Trinajstić information content (AvgIpc) is 3.06. The van der Waals surface area contributed by atoms with Crippen LogP contribution in [0.5, 0.6) is 11.5 Å². The lowest BCUT2D eigenvalue weighted by Crippen LogP contribution is -2.02. The van der Waals surface area contributed by atoms with Gasteiger partial charge in [-0.3, -0.25) is 9.59 Å². The summed E-state index contributed by atoms with van der Waals surface area (Å²) in [7, 11) is 0. The van der Waals surface area contributed by atoms with Gasteiger partial charge in [0.1, 0.15) is 11.5 Å². The lowest BCUT2D eigenvalue weighted by atomic mass is 9.97. The second-order valence-electron chi connectivity index (χ2n) is 6.80. The maximum absolute atomic E-state index is 13.4. The van der Waals surface area contributed by atoms with Crippen LogP contribution in [0, 0.1) is 6.92 Å². The van der Waals surface area contributed by atoms with E-state index in [1.165, 1.54) is 18.3 Å². The average molecular weight is 402 g/mol. The number of aryl methyl sites for hydroxylation is 1. The van der Waals surface area contributed by atoms with E-state index in [9.17, 15) is 14.7 Å². The van der Waals surface area contributed by atoms with E-state index in [0.29, 0.717) is 16.9 Å². The molecule has 0 spiro atoms. The van der Waals surface area contributed by atoms with Gasteiger partial charge in [0.15, 0.2) is 5.78 Å². The number of hydrogen-bond donors (Lipinski definition) is 1. The van der Waals surface area contributed by atoms with Crippen molar-refractivity contribution in [2.24, 2.45) is 0 Å². The molecule has 4 nitrogen and oxygen atoms in total. The summed E-state index contributed by atoms with van der Waals surface area (Å²) < 4.78 is 5.94. The predicted molar refractivity (Wildman–Crippen MR) is 115 cm³/mol. The standard InChI is InChI=1S/C24H18O4S/c1-14-3-5-16(6-4-14)23(27)22-20-12-9-18(26)13-21(20)29-24(22)17-7-10-19(11-8-17)28-15(2)25/h3-13,26H,1-2H3. The van der Waals surface area contributed by atoms with Crippen molar-refractivity contribution in [3.63, 3.8) is 0 Å². The zero-order valence-electron chi connectivity index (χ0n) is 15.9. The van der Waals surface area contributed by atoms with E-state index >= 15 is 0 Å². The predicted octanol–water partition coefficient (Wildman–Crippen LogP) is 5.74. The third-order valence-electron chi connectivity index (χ3n) is 4.59. The minimum Gasteiger partial charge on any atom is -0.508 e. The van der Waals surface area contributed by atoms with Gasteiger partial charge in [-0.2, -0.15) is 0 Å². The number of hydrogen-bond acceptors (Lipinski definition) is 5. The number of carbonyl (C=O) groups is 2. The van der Waals surface area contributed by atoms with Crippen molar-refractivity contribution in [3.05, 3.63) is 83.4 Å². The maximum Gasteiger partial charge on any atom is 0.308 e. The van der Waals surface area contributed by atoms with Gasteiger partial charge in [-0.05, 0) is 55.0 Å². The number of fused-ring (bicyclic) bond motifs is 1. The van der Waals surface area contributed by atoms with Crippen LogP contribution >= 0.6 is 11.3 Å². The van der Waals surface area contributed by atoms with Crippen LogP contribution < -0.4 is 4.74 Å². The van der Waals surface area contributed by atoms with E-state index in [-0.39, 0.29) is 17.5 Å². The molecule has 5 heteroatoms. The number of phenolic OH excluding ortho intramolecular Hbond substituents is 1. The minimum absolute atomic E-state index is 0.0685. The Bertz CT molecular complexity index is 1220. The lowest BCUT2D eigenvalue weighted by molar-refractivity contribution is -0.131.